The van der Waals surface area contributed by atoms with Gasteiger partial charge >= 0.3 is 0 Å². The summed E-state index contributed by atoms with van der Waals surface area (Å²) in [7, 11) is 0. The lowest BCUT2D eigenvalue weighted by atomic mass is 10.1. The zero-order valence-corrected chi connectivity index (χ0v) is 12.1. The summed E-state index contributed by atoms with van der Waals surface area (Å²) in [6, 6.07) is 0. The standard InChI is InChI=1S/C13H21N3O2S/c1-10-15-8-12(19-10)9-16-13(17)4-7-18-11-2-5-14-6-3-11/h8,11,14H,2-7,9H2,1H3,(H,16,17). The molecule has 0 aromatic carbocycles. The lowest BCUT2D eigenvalue weighted by Gasteiger charge is -2.22. The average molecular weight is 283 g/mol. The summed E-state index contributed by atoms with van der Waals surface area (Å²) in [5.41, 5.74) is 0. The first-order valence-electron chi connectivity index (χ1n) is 6.74. The quantitative estimate of drug-likeness (QED) is 0.824. The van der Waals surface area contributed by atoms with Crippen LogP contribution in [-0.4, -0.2) is 36.7 Å². The Hall–Kier alpha value is -0.980. The van der Waals surface area contributed by atoms with Crippen LogP contribution in [0.5, 0.6) is 0 Å². The molecule has 1 fully saturated rings. The van der Waals surface area contributed by atoms with E-state index in [9.17, 15) is 4.79 Å². The molecule has 19 heavy (non-hydrogen) atoms. The zero-order valence-electron chi connectivity index (χ0n) is 11.3. The van der Waals surface area contributed by atoms with Gasteiger partial charge in [0.1, 0.15) is 0 Å². The van der Waals surface area contributed by atoms with E-state index in [2.05, 4.69) is 15.6 Å². The Labute approximate surface area is 117 Å². The molecule has 1 aliphatic heterocycles. The van der Waals surface area contributed by atoms with E-state index in [0.29, 0.717) is 25.7 Å². The zero-order chi connectivity index (χ0) is 13.5. The Balaban J connectivity index is 1.56. The average Bonchev–Trinajstić information content (AvgIpc) is 2.83. The topological polar surface area (TPSA) is 63.2 Å². The van der Waals surface area contributed by atoms with Crippen molar-refractivity contribution in [1.82, 2.24) is 15.6 Å². The number of piperidine rings is 1. The van der Waals surface area contributed by atoms with Crippen LogP contribution in [0.4, 0.5) is 0 Å². The number of nitrogens with zero attached hydrogens (tertiary/aromatic N) is 1. The lowest BCUT2D eigenvalue weighted by Crippen LogP contribution is -2.33. The van der Waals surface area contributed by atoms with Crippen LogP contribution in [0, 0.1) is 6.92 Å². The predicted molar refractivity (Wildman–Crippen MR) is 75.2 cm³/mol. The third kappa shape index (κ3) is 5.26. The van der Waals surface area contributed by atoms with Gasteiger partial charge in [0.05, 0.1) is 24.3 Å². The number of thiazole rings is 1. The van der Waals surface area contributed by atoms with Crippen LogP contribution in [0.25, 0.3) is 0 Å². The van der Waals surface area contributed by atoms with E-state index in [1.54, 1.807) is 11.3 Å². The smallest absolute Gasteiger partial charge is 0.222 e. The summed E-state index contributed by atoms with van der Waals surface area (Å²) in [6.07, 6.45) is 4.65. The second kappa shape index (κ2) is 7.57. The third-order valence-corrected chi connectivity index (χ3v) is 4.01. The fraction of sp³-hybridized carbons (Fsp3) is 0.692. The highest BCUT2D eigenvalue weighted by molar-refractivity contribution is 7.11. The summed E-state index contributed by atoms with van der Waals surface area (Å²) >= 11 is 1.61. The molecule has 0 unspecified atom stereocenters. The van der Waals surface area contributed by atoms with E-state index in [4.69, 9.17) is 4.74 Å². The molecule has 106 valence electrons. The van der Waals surface area contributed by atoms with E-state index in [0.717, 1.165) is 35.8 Å². The third-order valence-electron chi connectivity index (χ3n) is 3.10. The van der Waals surface area contributed by atoms with Gasteiger partial charge in [-0.3, -0.25) is 4.79 Å². The van der Waals surface area contributed by atoms with E-state index in [1.165, 1.54) is 0 Å². The van der Waals surface area contributed by atoms with Crippen molar-refractivity contribution >= 4 is 17.2 Å². The molecule has 0 atom stereocenters. The molecule has 2 N–H and O–H groups in total. The van der Waals surface area contributed by atoms with Crippen LogP contribution in [0.3, 0.4) is 0 Å². The van der Waals surface area contributed by atoms with Crippen molar-refractivity contribution in [3.05, 3.63) is 16.1 Å². The van der Waals surface area contributed by atoms with Crippen molar-refractivity contribution in [3.63, 3.8) is 0 Å². The Morgan fingerprint density at radius 2 is 2.37 bits per heavy atom. The first-order valence-corrected chi connectivity index (χ1v) is 7.56. The second-order valence-corrected chi connectivity index (χ2v) is 6.01. The minimum atomic E-state index is 0.0417. The summed E-state index contributed by atoms with van der Waals surface area (Å²) < 4.78 is 5.70. The number of carbonyl (C=O) groups excluding carboxylic acids is 1. The van der Waals surface area contributed by atoms with Gasteiger partial charge in [0.25, 0.3) is 0 Å². The number of rotatable bonds is 6. The number of amides is 1. The van der Waals surface area contributed by atoms with Gasteiger partial charge in [-0.2, -0.15) is 0 Å². The van der Waals surface area contributed by atoms with Crippen molar-refractivity contribution in [2.45, 2.75) is 38.8 Å². The molecular formula is C13H21N3O2S. The molecule has 0 bridgehead atoms. The monoisotopic (exact) mass is 283 g/mol. The molecule has 1 saturated heterocycles. The van der Waals surface area contributed by atoms with E-state index in [-0.39, 0.29) is 5.91 Å². The van der Waals surface area contributed by atoms with Crippen molar-refractivity contribution in [1.29, 1.82) is 0 Å². The van der Waals surface area contributed by atoms with Gasteiger partial charge in [-0.25, -0.2) is 4.98 Å². The molecule has 6 heteroatoms. The summed E-state index contributed by atoms with van der Waals surface area (Å²) in [6.45, 7) is 5.07. The first kappa shape index (κ1) is 14.4. The van der Waals surface area contributed by atoms with Gasteiger partial charge < -0.3 is 15.4 Å². The van der Waals surface area contributed by atoms with Crippen LogP contribution < -0.4 is 10.6 Å². The number of carbonyl (C=O) groups is 1. The van der Waals surface area contributed by atoms with Gasteiger partial charge in [-0.15, -0.1) is 11.3 Å². The Kier molecular flexibility index (Phi) is 5.75. The molecule has 1 aromatic rings. The highest BCUT2D eigenvalue weighted by atomic mass is 32.1. The van der Waals surface area contributed by atoms with Crippen molar-refractivity contribution in [3.8, 4) is 0 Å². The molecule has 2 rings (SSSR count). The van der Waals surface area contributed by atoms with Gasteiger partial charge in [0.2, 0.25) is 5.91 Å². The Morgan fingerprint density at radius 3 is 3.05 bits per heavy atom. The maximum atomic E-state index is 11.6. The van der Waals surface area contributed by atoms with Crippen LogP contribution in [0.2, 0.25) is 0 Å². The van der Waals surface area contributed by atoms with Crippen LogP contribution >= 0.6 is 11.3 Å². The normalized spacial score (nSPS) is 16.5. The van der Waals surface area contributed by atoms with E-state index >= 15 is 0 Å². The maximum Gasteiger partial charge on any atom is 0.222 e. The SMILES string of the molecule is Cc1ncc(CNC(=O)CCOC2CCNCC2)s1. The molecule has 0 radical (unpaired) electrons. The van der Waals surface area contributed by atoms with Gasteiger partial charge in [0.15, 0.2) is 0 Å². The van der Waals surface area contributed by atoms with Crippen LogP contribution in [0.15, 0.2) is 6.20 Å². The largest absolute Gasteiger partial charge is 0.378 e. The Bertz CT molecular complexity index is 402. The van der Waals surface area contributed by atoms with Crippen molar-refractivity contribution < 1.29 is 9.53 Å². The number of hydrogen-bond donors (Lipinski definition) is 2. The molecule has 0 aliphatic carbocycles. The number of nitrogens with one attached hydrogen (secondary N) is 2. The van der Waals surface area contributed by atoms with Gasteiger partial charge in [-0.1, -0.05) is 0 Å². The summed E-state index contributed by atoms with van der Waals surface area (Å²) in [5.74, 6) is 0.0417. The molecule has 1 amide bonds. The number of aromatic nitrogens is 1. The van der Waals surface area contributed by atoms with Crippen LogP contribution in [-0.2, 0) is 16.1 Å². The molecule has 1 aliphatic rings. The minimum Gasteiger partial charge on any atom is -0.378 e. The van der Waals surface area contributed by atoms with Crippen molar-refractivity contribution in [2.75, 3.05) is 19.7 Å². The summed E-state index contributed by atoms with van der Waals surface area (Å²) in [4.78, 5) is 16.9. The number of hydrogen-bond acceptors (Lipinski definition) is 5. The highest BCUT2D eigenvalue weighted by Gasteiger charge is 2.13. The highest BCUT2D eigenvalue weighted by Crippen LogP contribution is 2.11. The second-order valence-electron chi connectivity index (χ2n) is 4.69. The molecule has 0 saturated carbocycles. The molecule has 5 nitrogen and oxygen atoms in total. The van der Waals surface area contributed by atoms with Crippen LogP contribution in [0.1, 0.15) is 29.1 Å². The molecule has 2 heterocycles. The van der Waals surface area contributed by atoms with Crippen molar-refractivity contribution in [2.24, 2.45) is 0 Å². The Morgan fingerprint density at radius 1 is 1.58 bits per heavy atom. The molecule has 1 aromatic heterocycles. The maximum absolute atomic E-state index is 11.6. The summed E-state index contributed by atoms with van der Waals surface area (Å²) in [5, 5.41) is 7.21. The minimum absolute atomic E-state index is 0.0417. The first-order chi connectivity index (χ1) is 9.24. The fourth-order valence-corrected chi connectivity index (χ4v) is 2.78. The van der Waals surface area contributed by atoms with E-state index in [1.807, 2.05) is 13.1 Å². The number of aryl methyl sites for hydroxylation is 1. The molecule has 0 spiro atoms. The van der Waals surface area contributed by atoms with Gasteiger partial charge in [0, 0.05) is 17.5 Å². The van der Waals surface area contributed by atoms with Gasteiger partial charge in [-0.05, 0) is 32.9 Å². The fourth-order valence-electron chi connectivity index (χ4n) is 2.04. The number of ether oxygens (including phenoxy) is 1. The van der Waals surface area contributed by atoms with E-state index < -0.39 is 0 Å². The lowest BCUT2D eigenvalue weighted by molar-refractivity contribution is -0.122. The predicted octanol–water partition coefficient (Wildman–Crippen LogP) is 1.23. The molecular weight excluding hydrogens is 262 g/mol.